The molecule has 0 aliphatic rings. The van der Waals surface area contributed by atoms with Crippen LogP contribution in [0.4, 0.5) is 4.39 Å². The van der Waals surface area contributed by atoms with Gasteiger partial charge in [-0.05, 0) is 55.8 Å². The Kier molecular flexibility index (Phi) is 5.34. The highest BCUT2D eigenvalue weighted by Gasteiger charge is 2.05. The van der Waals surface area contributed by atoms with E-state index in [9.17, 15) is 4.39 Å². The Labute approximate surface area is 126 Å². The number of hydrogen-bond acceptors (Lipinski definition) is 2. The van der Waals surface area contributed by atoms with Gasteiger partial charge in [0, 0.05) is 12.1 Å². The third-order valence-electron chi connectivity index (χ3n) is 3.17. The minimum absolute atomic E-state index is 0.161. The molecule has 3 heteroatoms. The molecule has 0 aromatic heterocycles. The second-order valence-electron chi connectivity index (χ2n) is 5.28. The van der Waals surface area contributed by atoms with Gasteiger partial charge >= 0.3 is 0 Å². The zero-order chi connectivity index (χ0) is 15.2. The Morgan fingerprint density at radius 1 is 1.05 bits per heavy atom. The standard InChI is InChI=1S/C18H22FNO/c1-4-20-12-16-11-15(7-10-18(16)19)14-5-8-17(9-6-14)21-13(2)3/h5-11,13,20H,4,12H2,1-3H3. The van der Waals surface area contributed by atoms with Crippen LogP contribution in [0, 0.1) is 5.82 Å². The van der Waals surface area contributed by atoms with E-state index in [0.29, 0.717) is 12.1 Å². The largest absolute Gasteiger partial charge is 0.491 e. The Morgan fingerprint density at radius 2 is 1.71 bits per heavy atom. The van der Waals surface area contributed by atoms with Crippen molar-refractivity contribution in [1.82, 2.24) is 5.32 Å². The highest BCUT2D eigenvalue weighted by molar-refractivity contribution is 5.65. The van der Waals surface area contributed by atoms with Crippen LogP contribution in [0.1, 0.15) is 26.3 Å². The SMILES string of the molecule is CCNCc1cc(-c2ccc(OC(C)C)cc2)ccc1F. The summed E-state index contributed by atoms with van der Waals surface area (Å²) in [4.78, 5) is 0. The number of hydrogen-bond donors (Lipinski definition) is 1. The van der Waals surface area contributed by atoms with E-state index in [0.717, 1.165) is 23.4 Å². The minimum atomic E-state index is -0.167. The van der Waals surface area contributed by atoms with E-state index in [4.69, 9.17) is 4.74 Å². The number of nitrogens with one attached hydrogen (secondary N) is 1. The van der Waals surface area contributed by atoms with Gasteiger partial charge < -0.3 is 10.1 Å². The Hall–Kier alpha value is -1.87. The van der Waals surface area contributed by atoms with Crippen LogP contribution in [0.25, 0.3) is 11.1 Å². The summed E-state index contributed by atoms with van der Waals surface area (Å²) in [7, 11) is 0. The maximum absolute atomic E-state index is 13.8. The van der Waals surface area contributed by atoms with Crippen LogP contribution in [-0.4, -0.2) is 12.6 Å². The fourth-order valence-electron chi connectivity index (χ4n) is 2.15. The predicted octanol–water partition coefficient (Wildman–Crippen LogP) is 4.39. The van der Waals surface area contributed by atoms with Crippen LogP contribution in [0.2, 0.25) is 0 Å². The van der Waals surface area contributed by atoms with Crippen molar-refractivity contribution in [3.05, 3.63) is 53.8 Å². The van der Waals surface area contributed by atoms with Crippen molar-refractivity contribution in [3.63, 3.8) is 0 Å². The highest BCUT2D eigenvalue weighted by atomic mass is 19.1. The molecule has 0 atom stereocenters. The third kappa shape index (κ3) is 4.30. The van der Waals surface area contributed by atoms with Gasteiger partial charge in [0.1, 0.15) is 11.6 Å². The van der Waals surface area contributed by atoms with Gasteiger partial charge in [-0.25, -0.2) is 4.39 Å². The molecular formula is C18H22FNO. The van der Waals surface area contributed by atoms with E-state index in [1.54, 1.807) is 0 Å². The average Bonchev–Trinajstić information content (AvgIpc) is 2.47. The van der Waals surface area contributed by atoms with Gasteiger partial charge in [0.2, 0.25) is 0 Å². The second-order valence-corrected chi connectivity index (χ2v) is 5.28. The van der Waals surface area contributed by atoms with Crippen molar-refractivity contribution in [2.45, 2.75) is 33.4 Å². The van der Waals surface area contributed by atoms with Crippen molar-refractivity contribution in [2.24, 2.45) is 0 Å². The Balaban J connectivity index is 2.21. The lowest BCUT2D eigenvalue weighted by Crippen LogP contribution is -2.12. The van der Waals surface area contributed by atoms with Crippen molar-refractivity contribution >= 4 is 0 Å². The molecule has 1 N–H and O–H groups in total. The molecule has 0 bridgehead atoms. The number of halogens is 1. The van der Waals surface area contributed by atoms with Gasteiger partial charge in [-0.2, -0.15) is 0 Å². The maximum atomic E-state index is 13.8. The summed E-state index contributed by atoms with van der Waals surface area (Å²) >= 11 is 0. The van der Waals surface area contributed by atoms with Gasteiger partial charge in [0.25, 0.3) is 0 Å². The van der Waals surface area contributed by atoms with Gasteiger partial charge in [0.05, 0.1) is 6.10 Å². The van der Waals surface area contributed by atoms with Crippen molar-refractivity contribution in [2.75, 3.05) is 6.54 Å². The molecule has 2 rings (SSSR count). The fourth-order valence-corrected chi connectivity index (χ4v) is 2.15. The summed E-state index contributed by atoms with van der Waals surface area (Å²) in [6.07, 6.45) is 0.161. The van der Waals surface area contributed by atoms with Crippen LogP contribution in [0.5, 0.6) is 5.75 Å². The number of rotatable bonds is 6. The molecule has 0 aliphatic heterocycles. The van der Waals surface area contributed by atoms with Crippen LogP contribution in [-0.2, 0) is 6.54 Å². The molecule has 0 saturated heterocycles. The molecule has 0 saturated carbocycles. The molecule has 0 heterocycles. The van der Waals surface area contributed by atoms with Gasteiger partial charge in [-0.3, -0.25) is 0 Å². The molecule has 0 fully saturated rings. The summed E-state index contributed by atoms with van der Waals surface area (Å²) in [5, 5.41) is 3.15. The zero-order valence-corrected chi connectivity index (χ0v) is 12.8. The monoisotopic (exact) mass is 287 g/mol. The maximum Gasteiger partial charge on any atom is 0.127 e. The summed E-state index contributed by atoms with van der Waals surface area (Å²) < 4.78 is 19.4. The number of benzene rings is 2. The minimum Gasteiger partial charge on any atom is -0.491 e. The van der Waals surface area contributed by atoms with E-state index < -0.39 is 0 Å². The van der Waals surface area contributed by atoms with Crippen LogP contribution < -0.4 is 10.1 Å². The first-order chi connectivity index (χ1) is 10.1. The molecule has 0 spiro atoms. The molecule has 21 heavy (non-hydrogen) atoms. The lowest BCUT2D eigenvalue weighted by atomic mass is 10.0. The average molecular weight is 287 g/mol. The quantitative estimate of drug-likeness (QED) is 0.850. The summed E-state index contributed by atoms with van der Waals surface area (Å²) in [5.74, 6) is 0.684. The van der Waals surface area contributed by atoms with Gasteiger partial charge in [-0.1, -0.05) is 25.1 Å². The van der Waals surface area contributed by atoms with Gasteiger partial charge in [0.15, 0.2) is 0 Å². The van der Waals surface area contributed by atoms with Gasteiger partial charge in [-0.15, -0.1) is 0 Å². The van der Waals surface area contributed by atoms with Crippen molar-refractivity contribution in [1.29, 1.82) is 0 Å². The Morgan fingerprint density at radius 3 is 2.33 bits per heavy atom. The van der Waals surface area contributed by atoms with E-state index >= 15 is 0 Å². The van der Waals surface area contributed by atoms with Crippen LogP contribution >= 0.6 is 0 Å². The summed E-state index contributed by atoms with van der Waals surface area (Å²) in [6.45, 7) is 7.38. The zero-order valence-electron chi connectivity index (χ0n) is 12.8. The topological polar surface area (TPSA) is 21.3 Å². The molecule has 0 amide bonds. The first-order valence-electron chi connectivity index (χ1n) is 7.36. The number of ether oxygens (including phenoxy) is 1. The molecule has 2 aromatic rings. The second kappa shape index (κ2) is 7.23. The van der Waals surface area contributed by atoms with Crippen molar-refractivity contribution in [3.8, 4) is 16.9 Å². The lowest BCUT2D eigenvalue weighted by molar-refractivity contribution is 0.242. The van der Waals surface area contributed by atoms with E-state index in [1.807, 2.05) is 57.2 Å². The first kappa shape index (κ1) is 15.5. The van der Waals surface area contributed by atoms with Crippen molar-refractivity contribution < 1.29 is 9.13 Å². The molecule has 0 aliphatic carbocycles. The Bertz CT molecular complexity index is 578. The first-order valence-corrected chi connectivity index (χ1v) is 7.36. The summed E-state index contributed by atoms with van der Waals surface area (Å²) in [5.41, 5.74) is 2.76. The normalized spacial score (nSPS) is 10.9. The molecular weight excluding hydrogens is 265 g/mol. The molecule has 112 valence electrons. The third-order valence-corrected chi connectivity index (χ3v) is 3.17. The lowest BCUT2D eigenvalue weighted by Gasteiger charge is -2.11. The summed E-state index contributed by atoms with van der Waals surface area (Å²) in [6, 6.07) is 13.1. The fraction of sp³-hybridized carbons (Fsp3) is 0.333. The van der Waals surface area contributed by atoms with E-state index in [-0.39, 0.29) is 11.9 Å². The van der Waals surface area contributed by atoms with E-state index in [1.165, 1.54) is 6.07 Å². The van der Waals surface area contributed by atoms with E-state index in [2.05, 4.69) is 5.32 Å². The van der Waals surface area contributed by atoms with Crippen LogP contribution in [0.15, 0.2) is 42.5 Å². The molecule has 0 radical (unpaired) electrons. The highest BCUT2D eigenvalue weighted by Crippen LogP contribution is 2.25. The smallest absolute Gasteiger partial charge is 0.127 e. The molecule has 0 unspecified atom stereocenters. The molecule has 2 nitrogen and oxygen atoms in total. The molecule has 2 aromatic carbocycles. The predicted molar refractivity (Wildman–Crippen MR) is 85.0 cm³/mol. The van der Waals surface area contributed by atoms with Crippen LogP contribution in [0.3, 0.4) is 0 Å².